The standard InChI is InChI=1S/C17H20N4O2/c22-16(20-9-5-10-21-17(20)18-12-19-21)14-8-4-11-23-15(14)13-6-2-1-3-7-13/h1-3,6-7,12,14-15H,4-5,8-11H2/t14-,15-/m0/s1. The Kier molecular flexibility index (Phi) is 3.83. The molecule has 6 heteroatoms. The number of ether oxygens (including phenoxy) is 1. The molecule has 2 aliphatic heterocycles. The predicted octanol–water partition coefficient (Wildman–Crippen LogP) is 2.18. The average molecular weight is 312 g/mol. The van der Waals surface area contributed by atoms with Crippen molar-refractivity contribution in [3.8, 4) is 0 Å². The van der Waals surface area contributed by atoms with Crippen molar-refractivity contribution in [2.75, 3.05) is 18.1 Å². The van der Waals surface area contributed by atoms with E-state index in [1.807, 2.05) is 35.0 Å². The molecule has 1 aromatic carbocycles. The number of hydrogen-bond donors (Lipinski definition) is 0. The molecule has 0 unspecified atom stereocenters. The molecular formula is C17H20N4O2. The van der Waals surface area contributed by atoms with Gasteiger partial charge in [0.25, 0.3) is 0 Å². The first-order valence-corrected chi connectivity index (χ1v) is 8.20. The molecule has 0 radical (unpaired) electrons. The molecule has 1 aromatic heterocycles. The van der Waals surface area contributed by atoms with Crippen molar-refractivity contribution in [1.82, 2.24) is 14.8 Å². The third-order valence-electron chi connectivity index (χ3n) is 4.62. The largest absolute Gasteiger partial charge is 0.373 e. The van der Waals surface area contributed by atoms with E-state index in [-0.39, 0.29) is 17.9 Å². The quantitative estimate of drug-likeness (QED) is 0.853. The maximum Gasteiger partial charge on any atom is 0.235 e. The minimum absolute atomic E-state index is 0.104. The summed E-state index contributed by atoms with van der Waals surface area (Å²) in [5.74, 6) is 0.612. The molecule has 120 valence electrons. The van der Waals surface area contributed by atoms with Crippen molar-refractivity contribution >= 4 is 11.9 Å². The Morgan fingerprint density at radius 1 is 1.17 bits per heavy atom. The number of anilines is 1. The molecule has 3 heterocycles. The van der Waals surface area contributed by atoms with Crippen molar-refractivity contribution in [3.05, 3.63) is 42.2 Å². The minimum Gasteiger partial charge on any atom is -0.373 e. The summed E-state index contributed by atoms with van der Waals surface area (Å²) < 4.78 is 7.78. The molecule has 1 amide bonds. The van der Waals surface area contributed by atoms with E-state index < -0.39 is 0 Å². The summed E-state index contributed by atoms with van der Waals surface area (Å²) in [5, 5.41) is 4.19. The lowest BCUT2D eigenvalue weighted by molar-refractivity contribution is -0.132. The lowest BCUT2D eigenvalue weighted by Crippen LogP contribution is -2.44. The smallest absolute Gasteiger partial charge is 0.235 e. The highest BCUT2D eigenvalue weighted by molar-refractivity contribution is 5.94. The third kappa shape index (κ3) is 2.63. The van der Waals surface area contributed by atoms with Crippen molar-refractivity contribution in [2.45, 2.75) is 31.9 Å². The van der Waals surface area contributed by atoms with Gasteiger partial charge in [-0.3, -0.25) is 9.69 Å². The van der Waals surface area contributed by atoms with Crippen LogP contribution in [-0.4, -0.2) is 33.8 Å². The molecule has 0 N–H and O–H groups in total. The monoisotopic (exact) mass is 312 g/mol. The fourth-order valence-corrected chi connectivity index (χ4v) is 3.52. The van der Waals surface area contributed by atoms with Gasteiger partial charge >= 0.3 is 0 Å². The van der Waals surface area contributed by atoms with Crippen LogP contribution in [0.1, 0.15) is 30.9 Å². The number of fused-ring (bicyclic) bond motifs is 1. The van der Waals surface area contributed by atoms with Crippen molar-refractivity contribution in [2.24, 2.45) is 5.92 Å². The van der Waals surface area contributed by atoms with E-state index in [0.717, 1.165) is 31.4 Å². The zero-order valence-corrected chi connectivity index (χ0v) is 13.0. The first-order valence-electron chi connectivity index (χ1n) is 8.20. The fraction of sp³-hybridized carbons (Fsp3) is 0.471. The predicted molar refractivity (Wildman–Crippen MR) is 84.9 cm³/mol. The minimum atomic E-state index is -0.171. The van der Waals surface area contributed by atoms with Gasteiger partial charge in [0.05, 0.1) is 12.0 Å². The lowest BCUT2D eigenvalue weighted by Gasteiger charge is -2.35. The molecule has 0 aliphatic carbocycles. The molecule has 6 nitrogen and oxygen atoms in total. The van der Waals surface area contributed by atoms with Gasteiger partial charge in [0, 0.05) is 19.7 Å². The first-order chi connectivity index (χ1) is 11.3. The van der Waals surface area contributed by atoms with Crippen LogP contribution >= 0.6 is 0 Å². The van der Waals surface area contributed by atoms with Crippen molar-refractivity contribution in [1.29, 1.82) is 0 Å². The third-order valence-corrected chi connectivity index (χ3v) is 4.62. The second kappa shape index (κ2) is 6.12. The van der Waals surface area contributed by atoms with Crippen LogP contribution in [0.5, 0.6) is 0 Å². The summed E-state index contributed by atoms with van der Waals surface area (Å²) in [4.78, 5) is 19.2. The maximum absolute atomic E-state index is 13.2. The molecule has 0 bridgehead atoms. The van der Waals surface area contributed by atoms with Crippen LogP contribution in [-0.2, 0) is 16.1 Å². The Hall–Kier alpha value is -2.21. The molecule has 2 aliphatic rings. The Morgan fingerprint density at radius 2 is 2.04 bits per heavy atom. The van der Waals surface area contributed by atoms with Crippen LogP contribution < -0.4 is 4.90 Å². The Labute approximate surface area is 135 Å². The van der Waals surface area contributed by atoms with Gasteiger partial charge in [-0.25, -0.2) is 4.68 Å². The molecule has 1 saturated heterocycles. The van der Waals surface area contributed by atoms with E-state index in [1.54, 1.807) is 4.90 Å². The van der Waals surface area contributed by atoms with Gasteiger partial charge in [-0.05, 0) is 24.8 Å². The average Bonchev–Trinajstić information content (AvgIpc) is 3.10. The topological polar surface area (TPSA) is 60.2 Å². The summed E-state index contributed by atoms with van der Waals surface area (Å²) in [6.45, 7) is 2.23. The fourth-order valence-electron chi connectivity index (χ4n) is 3.52. The number of aryl methyl sites for hydroxylation is 1. The van der Waals surface area contributed by atoms with Gasteiger partial charge in [0.2, 0.25) is 11.9 Å². The van der Waals surface area contributed by atoms with E-state index in [2.05, 4.69) is 10.1 Å². The Morgan fingerprint density at radius 3 is 2.91 bits per heavy atom. The maximum atomic E-state index is 13.2. The van der Waals surface area contributed by atoms with Crippen LogP contribution in [0.25, 0.3) is 0 Å². The number of carbonyl (C=O) groups excluding carboxylic acids is 1. The normalized spacial score (nSPS) is 24.3. The molecule has 2 aromatic rings. The zero-order valence-electron chi connectivity index (χ0n) is 13.0. The molecule has 2 atom stereocenters. The zero-order chi connectivity index (χ0) is 15.6. The highest BCUT2D eigenvalue weighted by Gasteiger charge is 2.38. The van der Waals surface area contributed by atoms with Gasteiger partial charge in [-0.1, -0.05) is 30.3 Å². The van der Waals surface area contributed by atoms with Crippen molar-refractivity contribution in [3.63, 3.8) is 0 Å². The summed E-state index contributed by atoms with van der Waals surface area (Å²) in [7, 11) is 0. The molecule has 0 saturated carbocycles. The molecule has 0 spiro atoms. The van der Waals surface area contributed by atoms with Gasteiger partial charge in [-0.2, -0.15) is 10.1 Å². The number of aromatic nitrogens is 3. The lowest BCUT2D eigenvalue weighted by atomic mass is 9.88. The van der Waals surface area contributed by atoms with Crippen LogP contribution in [0.15, 0.2) is 36.7 Å². The first kappa shape index (κ1) is 14.4. The van der Waals surface area contributed by atoms with Gasteiger partial charge in [-0.15, -0.1) is 0 Å². The van der Waals surface area contributed by atoms with Crippen LogP contribution in [0.4, 0.5) is 5.95 Å². The molecule has 4 rings (SSSR count). The number of hydrogen-bond acceptors (Lipinski definition) is 4. The highest BCUT2D eigenvalue weighted by atomic mass is 16.5. The highest BCUT2D eigenvalue weighted by Crippen LogP contribution is 2.36. The van der Waals surface area contributed by atoms with E-state index in [9.17, 15) is 4.79 Å². The molecule has 1 fully saturated rings. The number of rotatable bonds is 2. The van der Waals surface area contributed by atoms with Crippen LogP contribution in [0.2, 0.25) is 0 Å². The number of nitrogens with zero attached hydrogens (tertiary/aromatic N) is 4. The summed E-state index contributed by atoms with van der Waals surface area (Å²) in [6, 6.07) is 10.0. The van der Waals surface area contributed by atoms with Gasteiger partial charge < -0.3 is 4.74 Å². The molecule has 23 heavy (non-hydrogen) atoms. The Bertz CT molecular complexity index is 685. The van der Waals surface area contributed by atoms with E-state index in [1.165, 1.54) is 6.33 Å². The van der Waals surface area contributed by atoms with E-state index >= 15 is 0 Å². The Balaban J connectivity index is 1.62. The van der Waals surface area contributed by atoms with E-state index in [4.69, 9.17) is 4.74 Å². The summed E-state index contributed by atoms with van der Waals surface area (Å²) in [6.07, 6.45) is 4.03. The molecular weight excluding hydrogens is 292 g/mol. The second-order valence-corrected chi connectivity index (χ2v) is 6.08. The van der Waals surface area contributed by atoms with Crippen LogP contribution in [0.3, 0.4) is 0 Å². The number of amides is 1. The van der Waals surface area contributed by atoms with Crippen LogP contribution in [0, 0.1) is 5.92 Å². The number of carbonyl (C=O) groups is 1. The van der Waals surface area contributed by atoms with Gasteiger partial charge in [0.15, 0.2) is 0 Å². The van der Waals surface area contributed by atoms with Gasteiger partial charge in [0.1, 0.15) is 6.33 Å². The van der Waals surface area contributed by atoms with E-state index in [0.29, 0.717) is 19.1 Å². The van der Waals surface area contributed by atoms with Crippen molar-refractivity contribution < 1.29 is 9.53 Å². The number of benzene rings is 1. The SMILES string of the molecule is O=C([C@H]1CCCO[C@H]1c1ccccc1)N1CCCn2ncnc21. The summed E-state index contributed by atoms with van der Waals surface area (Å²) in [5.41, 5.74) is 1.07. The second-order valence-electron chi connectivity index (χ2n) is 6.08. The summed E-state index contributed by atoms with van der Waals surface area (Å²) >= 11 is 0.